The highest BCUT2D eigenvalue weighted by Gasteiger charge is 2.33. The van der Waals surface area contributed by atoms with E-state index in [2.05, 4.69) is 4.98 Å². The summed E-state index contributed by atoms with van der Waals surface area (Å²) in [6.45, 7) is 0.481. The molecule has 2 heterocycles. The topological polar surface area (TPSA) is 83.3 Å². The van der Waals surface area contributed by atoms with E-state index in [1.165, 1.54) is 34.8 Å². The molecule has 0 aliphatic carbocycles. The van der Waals surface area contributed by atoms with Crippen LogP contribution in [0.15, 0.2) is 42.6 Å². The van der Waals surface area contributed by atoms with Gasteiger partial charge in [0.2, 0.25) is 15.9 Å². The summed E-state index contributed by atoms with van der Waals surface area (Å²) >= 11 is 0. The minimum Gasteiger partial charge on any atom is -0.473 e. The van der Waals surface area contributed by atoms with E-state index in [4.69, 9.17) is 10.00 Å². The minimum atomic E-state index is -3.63. The molecule has 1 unspecified atom stereocenters. The quantitative estimate of drug-likeness (QED) is 0.814. The van der Waals surface area contributed by atoms with E-state index in [0.29, 0.717) is 18.5 Å². The van der Waals surface area contributed by atoms with Crippen molar-refractivity contribution in [2.45, 2.75) is 18.3 Å². The van der Waals surface area contributed by atoms with Gasteiger partial charge in [-0.25, -0.2) is 17.8 Å². The van der Waals surface area contributed by atoms with Crippen LogP contribution in [0.5, 0.6) is 5.88 Å². The molecule has 1 aliphatic heterocycles. The second-order valence-corrected chi connectivity index (χ2v) is 7.70. The summed E-state index contributed by atoms with van der Waals surface area (Å²) in [5, 5.41) is 8.88. The molecule has 25 heavy (non-hydrogen) atoms. The zero-order valence-corrected chi connectivity index (χ0v) is 14.1. The van der Waals surface area contributed by atoms with E-state index in [1.54, 1.807) is 12.1 Å². The first kappa shape index (κ1) is 17.3. The summed E-state index contributed by atoms with van der Waals surface area (Å²) in [7, 11) is -3.63. The van der Waals surface area contributed by atoms with Crippen LogP contribution >= 0.6 is 0 Å². The number of pyridine rings is 1. The van der Waals surface area contributed by atoms with E-state index >= 15 is 0 Å². The van der Waals surface area contributed by atoms with Gasteiger partial charge in [0.05, 0.1) is 23.9 Å². The third-order valence-corrected chi connectivity index (χ3v) is 5.74. The molecule has 1 fully saturated rings. The summed E-state index contributed by atoms with van der Waals surface area (Å²) in [5.41, 5.74) is 0.572. The van der Waals surface area contributed by atoms with Crippen molar-refractivity contribution in [1.82, 2.24) is 9.29 Å². The lowest BCUT2D eigenvalue weighted by Gasteiger charge is -2.17. The Labute approximate surface area is 145 Å². The Morgan fingerprint density at radius 3 is 2.92 bits per heavy atom. The molecular formula is C17H16FN3O3S. The number of hydrogen-bond acceptors (Lipinski definition) is 5. The van der Waals surface area contributed by atoms with E-state index in [0.717, 1.165) is 0 Å². The van der Waals surface area contributed by atoms with Gasteiger partial charge >= 0.3 is 0 Å². The fourth-order valence-electron chi connectivity index (χ4n) is 2.66. The molecule has 1 saturated heterocycles. The number of nitriles is 1. The molecule has 1 aromatic carbocycles. The normalized spacial score (nSPS) is 18.0. The van der Waals surface area contributed by atoms with Gasteiger partial charge in [-0.05, 0) is 18.6 Å². The van der Waals surface area contributed by atoms with Crippen molar-refractivity contribution in [3.63, 3.8) is 0 Å². The van der Waals surface area contributed by atoms with Gasteiger partial charge in [-0.1, -0.05) is 18.2 Å². The summed E-state index contributed by atoms with van der Waals surface area (Å²) < 4.78 is 45.7. The van der Waals surface area contributed by atoms with Crippen LogP contribution in [0.2, 0.25) is 0 Å². The Morgan fingerprint density at radius 2 is 2.16 bits per heavy atom. The molecule has 2 aromatic rings. The maximum Gasteiger partial charge on any atom is 0.218 e. The summed E-state index contributed by atoms with van der Waals surface area (Å²) in [5.74, 6) is -0.623. The third kappa shape index (κ3) is 4.13. The Balaban J connectivity index is 1.65. The van der Waals surface area contributed by atoms with Gasteiger partial charge in [0.25, 0.3) is 0 Å². The van der Waals surface area contributed by atoms with Crippen LogP contribution in [0.1, 0.15) is 17.5 Å². The molecule has 0 bridgehead atoms. The lowest BCUT2D eigenvalue weighted by atomic mass is 10.2. The van der Waals surface area contributed by atoms with E-state index in [1.807, 2.05) is 6.07 Å². The average molecular weight is 361 g/mol. The van der Waals surface area contributed by atoms with Crippen molar-refractivity contribution in [3.05, 3.63) is 59.5 Å². The van der Waals surface area contributed by atoms with E-state index in [-0.39, 0.29) is 29.8 Å². The Hall–Kier alpha value is -2.50. The Kier molecular flexibility index (Phi) is 4.97. The molecule has 6 nitrogen and oxygen atoms in total. The number of halogens is 1. The van der Waals surface area contributed by atoms with Crippen molar-refractivity contribution in [2.24, 2.45) is 0 Å². The van der Waals surface area contributed by atoms with Crippen LogP contribution in [0.25, 0.3) is 0 Å². The first-order valence-corrected chi connectivity index (χ1v) is 9.33. The van der Waals surface area contributed by atoms with Crippen molar-refractivity contribution >= 4 is 10.0 Å². The Morgan fingerprint density at radius 1 is 1.36 bits per heavy atom. The number of sulfonamides is 1. The van der Waals surface area contributed by atoms with E-state index < -0.39 is 15.8 Å². The number of aromatic nitrogens is 1. The molecule has 8 heteroatoms. The molecule has 0 radical (unpaired) electrons. The van der Waals surface area contributed by atoms with Gasteiger partial charge < -0.3 is 4.74 Å². The molecule has 1 aromatic heterocycles. The van der Waals surface area contributed by atoms with Crippen LogP contribution in [-0.2, 0) is 15.8 Å². The van der Waals surface area contributed by atoms with Gasteiger partial charge in [0.1, 0.15) is 11.9 Å². The molecule has 0 N–H and O–H groups in total. The predicted molar refractivity (Wildman–Crippen MR) is 88.6 cm³/mol. The molecular weight excluding hydrogens is 345 g/mol. The standard InChI is InChI=1S/C17H16FN3O3S/c18-16-4-2-1-3-14(16)12-25(22,23)21-8-6-15(11-21)24-17-9-13(10-19)5-7-20-17/h1-5,7,9,15H,6,8,11-12H2. The summed E-state index contributed by atoms with van der Waals surface area (Å²) in [4.78, 5) is 4.03. The second-order valence-electron chi connectivity index (χ2n) is 5.73. The van der Waals surface area contributed by atoms with E-state index in [9.17, 15) is 12.8 Å². The second kappa shape index (κ2) is 7.17. The highest BCUT2D eigenvalue weighted by molar-refractivity contribution is 7.88. The lowest BCUT2D eigenvalue weighted by Crippen LogP contribution is -2.32. The Bertz CT molecular complexity index is 911. The third-order valence-electron chi connectivity index (χ3n) is 3.95. The zero-order chi connectivity index (χ0) is 17.9. The van der Waals surface area contributed by atoms with Gasteiger partial charge in [0, 0.05) is 24.4 Å². The van der Waals surface area contributed by atoms with Gasteiger partial charge in [-0.3, -0.25) is 0 Å². The van der Waals surface area contributed by atoms with Crippen LogP contribution < -0.4 is 4.74 Å². The van der Waals surface area contributed by atoms with Crippen molar-refractivity contribution in [1.29, 1.82) is 5.26 Å². The molecule has 3 rings (SSSR count). The first-order chi connectivity index (χ1) is 12.0. The molecule has 0 amide bonds. The summed E-state index contributed by atoms with van der Waals surface area (Å²) in [6, 6.07) is 10.9. The fourth-order valence-corrected chi connectivity index (χ4v) is 4.25. The molecule has 1 aliphatic rings. The number of benzene rings is 1. The minimum absolute atomic E-state index is 0.148. The van der Waals surface area contributed by atoms with Crippen LogP contribution in [0.4, 0.5) is 4.39 Å². The number of rotatable bonds is 5. The van der Waals surface area contributed by atoms with Gasteiger partial charge in [-0.2, -0.15) is 9.57 Å². The van der Waals surface area contributed by atoms with Crippen molar-refractivity contribution < 1.29 is 17.5 Å². The number of ether oxygens (including phenoxy) is 1. The average Bonchev–Trinajstić information content (AvgIpc) is 3.06. The van der Waals surface area contributed by atoms with Crippen molar-refractivity contribution in [2.75, 3.05) is 13.1 Å². The zero-order valence-electron chi connectivity index (χ0n) is 13.3. The number of hydrogen-bond donors (Lipinski definition) is 0. The van der Waals surface area contributed by atoms with Crippen LogP contribution in [0.3, 0.4) is 0 Å². The van der Waals surface area contributed by atoms with Crippen LogP contribution in [-0.4, -0.2) is 36.9 Å². The highest BCUT2D eigenvalue weighted by Crippen LogP contribution is 2.22. The molecule has 0 saturated carbocycles. The SMILES string of the molecule is N#Cc1ccnc(OC2CCN(S(=O)(=O)Cc3ccccc3F)C2)c1. The maximum atomic E-state index is 13.7. The molecule has 1 atom stereocenters. The molecule has 130 valence electrons. The maximum absolute atomic E-state index is 13.7. The van der Waals surface area contributed by atoms with Gasteiger partial charge in [-0.15, -0.1) is 0 Å². The lowest BCUT2D eigenvalue weighted by molar-refractivity contribution is 0.207. The predicted octanol–water partition coefficient (Wildman–Crippen LogP) is 2.08. The van der Waals surface area contributed by atoms with Crippen molar-refractivity contribution in [3.8, 4) is 11.9 Å². The smallest absolute Gasteiger partial charge is 0.218 e. The van der Waals surface area contributed by atoms with Gasteiger partial charge in [0.15, 0.2) is 0 Å². The number of nitrogens with zero attached hydrogens (tertiary/aromatic N) is 3. The highest BCUT2D eigenvalue weighted by atomic mass is 32.2. The largest absolute Gasteiger partial charge is 0.473 e. The first-order valence-electron chi connectivity index (χ1n) is 7.72. The molecule has 0 spiro atoms. The summed E-state index contributed by atoms with van der Waals surface area (Å²) in [6.07, 6.45) is 1.63. The fraction of sp³-hybridized carbons (Fsp3) is 0.294. The monoisotopic (exact) mass is 361 g/mol. The van der Waals surface area contributed by atoms with Crippen LogP contribution in [0, 0.1) is 17.1 Å².